The summed E-state index contributed by atoms with van der Waals surface area (Å²) < 4.78 is 39.1. The SMILES string of the molecule is C=C(C)c1ccccc1O.COC(=O)[C@H]1[C@H]2C[C@@H]3c4[nH]c5cc(OC)ccc5c4CCN3C[C@H]2C[C@@H](OC(=O)c2cc(OC)c(OC)c(OC)c2)[C@@H]1OC. The first-order valence-corrected chi connectivity index (χ1v) is 18.0. The van der Waals surface area contributed by atoms with Crippen molar-refractivity contribution >= 4 is 28.4 Å². The maximum Gasteiger partial charge on any atom is 0.338 e. The smallest absolute Gasteiger partial charge is 0.338 e. The van der Waals surface area contributed by atoms with Gasteiger partial charge in [-0.25, -0.2) is 4.79 Å². The number of phenolic OH excluding ortho intramolecular Hbond substituents is 1. The highest BCUT2D eigenvalue weighted by molar-refractivity contribution is 5.91. The molecule has 3 aromatic carbocycles. The van der Waals surface area contributed by atoms with E-state index in [2.05, 4.69) is 22.5 Å². The molecule has 3 heterocycles. The third kappa shape index (κ3) is 7.32. The lowest BCUT2D eigenvalue weighted by atomic mass is 9.63. The van der Waals surface area contributed by atoms with Crippen molar-refractivity contribution in [3.8, 4) is 28.7 Å². The molecule has 6 atom stereocenters. The van der Waals surface area contributed by atoms with E-state index in [1.54, 1.807) is 38.5 Å². The number of aromatic amines is 1. The second-order valence-corrected chi connectivity index (χ2v) is 14.0. The van der Waals surface area contributed by atoms with Crippen LogP contribution in [0.25, 0.3) is 16.5 Å². The van der Waals surface area contributed by atoms with Crippen LogP contribution in [0, 0.1) is 17.8 Å². The number of esters is 2. The van der Waals surface area contributed by atoms with Crippen molar-refractivity contribution in [1.29, 1.82) is 0 Å². The maximum atomic E-state index is 13.5. The topological polar surface area (TPSA) is 138 Å². The molecule has 54 heavy (non-hydrogen) atoms. The molecule has 288 valence electrons. The molecule has 2 N–H and O–H groups in total. The fourth-order valence-corrected chi connectivity index (χ4v) is 8.60. The molecule has 2 fully saturated rings. The van der Waals surface area contributed by atoms with E-state index in [4.69, 9.17) is 33.2 Å². The van der Waals surface area contributed by atoms with Crippen LogP contribution in [0.3, 0.4) is 0 Å². The Balaban J connectivity index is 0.000000432. The number of carbonyl (C=O) groups is 2. The Hall–Kier alpha value is -5.20. The Labute approximate surface area is 315 Å². The van der Waals surface area contributed by atoms with Gasteiger partial charge in [-0.2, -0.15) is 0 Å². The molecule has 0 spiro atoms. The Bertz CT molecular complexity index is 1980. The van der Waals surface area contributed by atoms with Gasteiger partial charge in [-0.3, -0.25) is 9.69 Å². The average Bonchev–Trinajstić information content (AvgIpc) is 3.57. The molecule has 7 rings (SSSR count). The standard InChI is InChI=1S/C33H40N2O9.C9H10O/c1-38-19-7-8-20-21-9-10-35-16-18-13-27(44-32(36)17-11-25(39-2)30(41-4)26(12-17)40-3)31(42-5)28(33(37)43-6)22(18)15-24(35)29(21)34-23(20)14-19;1-7(2)8-5-3-4-6-9(8)10/h7-8,11-12,14,18,22,24,27-28,31,34H,9-10,13,15-16H2,1-6H3;3-6,10H,1H2,2H3/t18-,22+,24-,27-,28+,31+;/m1./s1. The molecule has 2 aliphatic heterocycles. The second-order valence-electron chi connectivity index (χ2n) is 14.0. The average molecular weight is 743 g/mol. The molecular formula is C42H50N2O10. The van der Waals surface area contributed by atoms with Gasteiger partial charge in [0.2, 0.25) is 5.75 Å². The number of aromatic nitrogens is 1. The number of carbonyl (C=O) groups excluding carboxylic acids is 2. The zero-order valence-corrected chi connectivity index (χ0v) is 32.0. The number of aromatic hydroxyl groups is 1. The summed E-state index contributed by atoms with van der Waals surface area (Å²) in [6.45, 7) is 7.28. The monoisotopic (exact) mass is 742 g/mol. The van der Waals surface area contributed by atoms with Gasteiger partial charge in [0, 0.05) is 48.4 Å². The van der Waals surface area contributed by atoms with Gasteiger partial charge in [-0.15, -0.1) is 0 Å². The summed E-state index contributed by atoms with van der Waals surface area (Å²) in [4.78, 5) is 33.1. The molecule has 1 saturated carbocycles. The van der Waals surface area contributed by atoms with Crippen LogP contribution < -0.4 is 18.9 Å². The van der Waals surface area contributed by atoms with Crippen molar-refractivity contribution in [3.05, 3.63) is 83.6 Å². The van der Waals surface area contributed by atoms with Crippen molar-refractivity contribution in [2.45, 2.75) is 44.4 Å². The lowest BCUT2D eigenvalue weighted by Crippen LogP contribution is -2.58. The summed E-state index contributed by atoms with van der Waals surface area (Å²) in [6.07, 6.45) is 0.920. The Morgan fingerprint density at radius 2 is 1.63 bits per heavy atom. The van der Waals surface area contributed by atoms with Gasteiger partial charge in [0.15, 0.2) is 11.5 Å². The number of fused-ring (bicyclic) bond motifs is 6. The highest BCUT2D eigenvalue weighted by Gasteiger charge is 2.54. The molecule has 0 amide bonds. The van der Waals surface area contributed by atoms with Gasteiger partial charge < -0.3 is 43.2 Å². The van der Waals surface area contributed by atoms with Gasteiger partial charge in [0.25, 0.3) is 0 Å². The summed E-state index contributed by atoms with van der Waals surface area (Å²) in [5.41, 5.74) is 5.54. The third-order valence-electron chi connectivity index (χ3n) is 11.1. The van der Waals surface area contributed by atoms with E-state index in [-0.39, 0.29) is 29.4 Å². The van der Waals surface area contributed by atoms with E-state index in [1.165, 1.54) is 45.1 Å². The minimum atomic E-state index is -0.670. The van der Waals surface area contributed by atoms with E-state index < -0.39 is 24.1 Å². The molecule has 3 aliphatic rings. The van der Waals surface area contributed by atoms with E-state index >= 15 is 0 Å². The van der Waals surface area contributed by atoms with Crippen molar-refractivity contribution in [2.75, 3.05) is 55.7 Å². The quantitative estimate of drug-likeness (QED) is 0.180. The predicted molar refractivity (Wildman–Crippen MR) is 204 cm³/mol. The number of phenols is 1. The zero-order valence-electron chi connectivity index (χ0n) is 32.0. The molecule has 0 unspecified atom stereocenters. The highest BCUT2D eigenvalue weighted by Crippen LogP contribution is 2.51. The number of nitrogens with zero attached hydrogens (tertiary/aromatic N) is 1. The summed E-state index contributed by atoms with van der Waals surface area (Å²) >= 11 is 0. The maximum absolute atomic E-state index is 13.5. The van der Waals surface area contributed by atoms with Crippen molar-refractivity contribution in [1.82, 2.24) is 9.88 Å². The predicted octanol–water partition coefficient (Wildman–Crippen LogP) is 6.60. The molecule has 1 aliphatic carbocycles. The number of piperidine rings is 1. The molecule has 1 saturated heterocycles. The normalized spacial score (nSPS) is 23.0. The van der Waals surface area contributed by atoms with Gasteiger partial charge in [-0.1, -0.05) is 24.8 Å². The number of H-pyrrole nitrogens is 1. The summed E-state index contributed by atoms with van der Waals surface area (Å²) in [7, 11) is 9.10. The van der Waals surface area contributed by atoms with Crippen LogP contribution in [0.1, 0.15) is 53.0 Å². The van der Waals surface area contributed by atoms with Crippen molar-refractivity contribution in [2.24, 2.45) is 17.8 Å². The molecule has 0 bridgehead atoms. The first-order valence-electron chi connectivity index (χ1n) is 18.0. The van der Waals surface area contributed by atoms with Gasteiger partial charge in [0.1, 0.15) is 23.7 Å². The molecular weight excluding hydrogens is 692 g/mol. The first-order chi connectivity index (χ1) is 26.1. The largest absolute Gasteiger partial charge is 0.507 e. The fraction of sp³-hybridized carbons (Fsp3) is 0.429. The molecule has 12 nitrogen and oxygen atoms in total. The van der Waals surface area contributed by atoms with Crippen LogP contribution >= 0.6 is 0 Å². The number of rotatable bonds is 9. The van der Waals surface area contributed by atoms with Crippen molar-refractivity contribution in [3.63, 3.8) is 0 Å². The van der Waals surface area contributed by atoms with Crippen LogP contribution in [-0.4, -0.2) is 94.9 Å². The van der Waals surface area contributed by atoms with Crippen LogP contribution in [0.15, 0.2) is 61.2 Å². The van der Waals surface area contributed by atoms with E-state index in [9.17, 15) is 14.7 Å². The highest BCUT2D eigenvalue weighted by atomic mass is 16.6. The minimum absolute atomic E-state index is 0.0170. The van der Waals surface area contributed by atoms with Gasteiger partial charge in [0.05, 0.1) is 53.1 Å². The summed E-state index contributed by atoms with van der Waals surface area (Å²) in [6, 6.07) is 16.6. The Morgan fingerprint density at radius 3 is 2.22 bits per heavy atom. The number of para-hydroxylation sites is 1. The molecule has 0 radical (unpaired) electrons. The Kier molecular flexibility index (Phi) is 11.7. The summed E-state index contributed by atoms with van der Waals surface area (Å²) in [5, 5.41) is 10.4. The summed E-state index contributed by atoms with van der Waals surface area (Å²) in [5.74, 6) is 0.742. The number of hydrogen-bond donors (Lipinski definition) is 2. The minimum Gasteiger partial charge on any atom is -0.507 e. The van der Waals surface area contributed by atoms with Crippen LogP contribution in [-0.2, 0) is 25.4 Å². The lowest BCUT2D eigenvalue weighted by Gasteiger charge is -2.52. The van der Waals surface area contributed by atoms with E-state index in [0.717, 1.165) is 48.3 Å². The lowest BCUT2D eigenvalue weighted by molar-refractivity contribution is -0.176. The van der Waals surface area contributed by atoms with Crippen molar-refractivity contribution < 1.29 is 47.9 Å². The van der Waals surface area contributed by atoms with Gasteiger partial charge in [-0.05, 0) is 79.5 Å². The molecule has 1 aromatic heterocycles. The number of methoxy groups -OCH3 is 6. The van der Waals surface area contributed by atoms with E-state index in [1.807, 2.05) is 31.2 Å². The van der Waals surface area contributed by atoms with Crippen LogP contribution in [0.5, 0.6) is 28.7 Å². The molecule has 4 aromatic rings. The van der Waals surface area contributed by atoms with E-state index in [0.29, 0.717) is 29.4 Å². The second kappa shape index (κ2) is 16.4. The number of ether oxygens (including phenoxy) is 7. The number of hydrogen-bond acceptors (Lipinski definition) is 11. The number of benzene rings is 3. The first kappa shape index (κ1) is 38.5. The third-order valence-corrected chi connectivity index (χ3v) is 11.1. The van der Waals surface area contributed by atoms with Gasteiger partial charge >= 0.3 is 11.9 Å². The van der Waals surface area contributed by atoms with Crippen LogP contribution in [0.4, 0.5) is 0 Å². The zero-order chi connectivity index (χ0) is 38.7. The Morgan fingerprint density at radius 1 is 0.907 bits per heavy atom. The number of allylic oxidation sites excluding steroid dienone is 1. The van der Waals surface area contributed by atoms with Crippen LogP contribution in [0.2, 0.25) is 0 Å². The molecule has 12 heteroatoms. The number of nitrogens with one attached hydrogen (secondary N) is 1. The fourth-order valence-electron chi connectivity index (χ4n) is 8.60.